The van der Waals surface area contributed by atoms with Gasteiger partial charge in [0.15, 0.2) is 6.61 Å². The Bertz CT molecular complexity index is 787. The summed E-state index contributed by atoms with van der Waals surface area (Å²) in [6, 6.07) is 19.1. The van der Waals surface area contributed by atoms with Gasteiger partial charge in [0.25, 0.3) is 5.91 Å². The third kappa shape index (κ3) is 5.57. The molecular formula is C22H27N3O3. The van der Waals surface area contributed by atoms with Crippen LogP contribution in [0.15, 0.2) is 54.6 Å². The Morgan fingerprint density at radius 2 is 1.68 bits per heavy atom. The number of piperazine rings is 1. The third-order valence-corrected chi connectivity index (χ3v) is 4.99. The molecule has 0 radical (unpaired) electrons. The van der Waals surface area contributed by atoms with Crippen LogP contribution in [-0.4, -0.2) is 68.2 Å². The molecule has 1 aliphatic rings. The van der Waals surface area contributed by atoms with Crippen LogP contribution in [0.25, 0.3) is 11.1 Å². The average Bonchev–Trinajstić information content (AvgIpc) is 2.77. The first-order valence-corrected chi connectivity index (χ1v) is 9.64. The molecule has 2 aromatic carbocycles. The maximum Gasteiger partial charge on any atom is 0.410 e. The smallest absolute Gasteiger partial charge is 0.410 e. The van der Waals surface area contributed by atoms with Crippen LogP contribution in [0.2, 0.25) is 0 Å². The van der Waals surface area contributed by atoms with Crippen LogP contribution in [0.1, 0.15) is 5.56 Å². The van der Waals surface area contributed by atoms with Crippen molar-refractivity contribution < 1.29 is 14.3 Å². The lowest BCUT2D eigenvalue weighted by molar-refractivity contribution is -0.123. The fourth-order valence-corrected chi connectivity index (χ4v) is 3.27. The van der Waals surface area contributed by atoms with Gasteiger partial charge in [0.05, 0.1) is 0 Å². The Hall–Kier alpha value is -2.86. The number of rotatable bonds is 6. The Morgan fingerprint density at radius 1 is 0.964 bits per heavy atom. The van der Waals surface area contributed by atoms with E-state index in [9.17, 15) is 9.59 Å². The lowest BCUT2D eigenvalue weighted by Gasteiger charge is -2.34. The summed E-state index contributed by atoms with van der Waals surface area (Å²) in [6.07, 6.45) is 0.556. The van der Waals surface area contributed by atoms with Crippen molar-refractivity contribution in [1.29, 1.82) is 0 Å². The predicted octanol–water partition coefficient (Wildman–Crippen LogP) is 2.40. The van der Waals surface area contributed by atoms with E-state index in [0.717, 1.165) is 26.1 Å². The van der Waals surface area contributed by atoms with E-state index in [4.69, 9.17) is 4.74 Å². The van der Waals surface area contributed by atoms with Crippen molar-refractivity contribution in [3.63, 3.8) is 0 Å². The maximum atomic E-state index is 12.0. The quantitative estimate of drug-likeness (QED) is 0.835. The van der Waals surface area contributed by atoms with E-state index in [1.807, 2.05) is 6.07 Å². The third-order valence-electron chi connectivity index (χ3n) is 4.99. The number of likely N-dealkylation sites (N-methyl/N-ethyl adjacent to an activating group) is 1. The Morgan fingerprint density at radius 3 is 2.39 bits per heavy atom. The molecule has 0 saturated carbocycles. The fourth-order valence-electron chi connectivity index (χ4n) is 3.27. The molecule has 1 saturated heterocycles. The topological polar surface area (TPSA) is 61.9 Å². The molecule has 28 heavy (non-hydrogen) atoms. The Kier molecular flexibility index (Phi) is 7.03. The van der Waals surface area contributed by atoms with Crippen LogP contribution in [0.3, 0.4) is 0 Å². The summed E-state index contributed by atoms with van der Waals surface area (Å²) in [5, 5.41) is 2.43. The second-order valence-corrected chi connectivity index (χ2v) is 6.87. The highest BCUT2D eigenvalue weighted by molar-refractivity contribution is 5.79. The zero-order valence-electron chi connectivity index (χ0n) is 16.3. The summed E-state index contributed by atoms with van der Waals surface area (Å²) in [5.41, 5.74) is 3.78. The first-order chi connectivity index (χ1) is 13.7. The molecule has 0 unspecified atom stereocenters. The lowest BCUT2D eigenvalue weighted by atomic mass is 10.0. The van der Waals surface area contributed by atoms with Gasteiger partial charge >= 0.3 is 6.09 Å². The molecule has 1 heterocycles. The van der Waals surface area contributed by atoms with Gasteiger partial charge < -0.3 is 15.0 Å². The predicted molar refractivity (Wildman–Crippen MR) is 109 cm³/mol. The van der Waals surface area contributed by atoms with Crippen molar-refractivity contribution in [1.82, 2.24) is 15.1 Å². The van der Waals surface area contributed by atoms with Crippen LogP contribution in [-0.2, 0) is 16.0 Å². The van der Waals surface area contributed by atoms with Crippen molar-refractivity contribution >= 4 is 12.0 Å². The van der Waals surface area contributed by atoms with Gasteiger partial charge in [-0.3, -0.25) is 9.69 Å². The zero-order chi connectivity index (χ0) is 19.8. The van der Waals surface area contributed by atoms with E-state index < -0.39 is 6.09 Å². The number of ether oxygens (including phenoxy) is 1. The molecule has 0 aromatic heterocycles. The van der Waals surface area contributed by atoms with E-state index >= 15 is 0 Å². The van der Waals surface area contributed by atoms with Crippen LogP contribution in [0.4, 0.5) is 4.79 Å². The SMILES string of the molecule is CNC(=O)COC(=O)N1CCN(CCc2cccc(-c3ccccc3)c2)CC1. The number of hydrogen-bond donors (Lipinski definition) is 1. The fraction of sp³-hybridized carbons (Fsp3) is 0.364. The van der Waals surface area contributed by atoms with Gasteiger partial charge in [-0.1, -0.05) is 54.6 Å². The second kappa shape index (κ2) is 9.90. The minimum atomic E-state index is -0.418. The largest absolute Gasteiger partial charge is 0.439 e. The molecule has 1 aliphatic heterocycles. The number of benzene rings is 2. The number of amides is 2. The lowest BCUT2D eigenvalue weighted by Crippen LogP contribution is -2.49. The van der Waals surface area contributed by atoms with Gasteiger partial charge in [-0.25, -0.2) is 4.79 Å². The monoisotopic (exact) mass is 381 g/mol. The highest BCUT2D eigenvalue weighted by atomic mass is 16.6. The molecular weight excluding hydrogens is 354 g/mol. The molecule has 0 spiro atoms. The van der Waals surface area contributed by atoms with Gasteiger partial charge in [-0.2, -0.15) is 0 Å². The van der Waals surface area contributed by atoms with Crippen molar-refractivity contribution in [3.8, 4) is 11.1 Å². The summed E-state index contributed by atoms with van der Waals surface area (Å²) in [6.45, 7) is 3.60. The average molecular weight is 381 g/mol. The second-order valence-electron chi connectivity index (χ2n) is 6.87. The summed E-state index contributed by atoms with van der Waals surface area (Å²) >= 11 is 0. The molecule has 1 N–H and O–H groups in total. The van der Waals surface area contributed by atoms with Crippen molar-refractivity contribution in [2.24, 2.45) is 0 Å². The number of hydrogen-bond acceptors (Lipinski definition) is 4. The summed E-state index contributed by atoms with van der Waals surface area (Å²) in [7, 11) is 1.52. The molecule has 148 valence electrons. The molecule has 0 atom stereocenters. The van der Waals surface area contributed by atoms with E-state index in [0.29, 0.717) is 13.1 Å². The summed E-state index contributed by atoms with van der Waals surface area (Å²) in [4.78, 5) is 27.2. The van der Waals surface area contributed by atoms with E-state index in [2.05, 4.69) is 58.7 Å². The molecule has 0 bridgehead atoms. The van der Waals surface area contributed by atoms with Crippen LogP contribution in [0, 0.1) is 0 Å². The highest BCUT2D eigenvalue weighted by Gasteiger charge is 2.22. The van der Waals surface area contributed by atoms with Crippen molar-refractivity contribution in [2.45, 2.75) is 6.42 Å². The summed E-state index contributed by atoms with van der Waals surface area (Å²) in [5.74, 6) is -0.301. The van der Waals surface area contributed by atoms with Crippen molar-refractivity contribution in [2.75, 3.05) is 46.4 Å². The first kappa shape index (κ1) is 19.9. The van der Waals surface area contributed by atoms with Gasteiger partial charge in [0.2, 0.25) is 0 Å². The molecule has 1 fully saturated rings. The number of nitrogens with one attached hydrogen (secondary N) is 1. The van der Waals surface area contributed by atoms with Crippen LogP contribution < -0.4 is 5.32 Å². The maximum absolute atomic E-state index is 12.0. The highest BCUT2D eigenvalue weighted by Crippen LogP contribution is 2.20. The molecule has 3 rings (SSSR count). The van der Waals surface area contributed by atoms with Crippen LogP contribution in [0.5, 0.6) is 0 Å². The van der Waals surface area contributed by atoms with Gasteiger partial charge in [0, 0.05) is 39.8 Å². The van der Waals surface area contributed by atoms with Gasteiger partial charge in [-0.05, 0) is 23.1 Å². The Labute approximate surface area is 166 Å². The first-order valence-electron chi connectivity index (χ1n) is 9.64. The minimum absolute atomic E-state index is 0.229. The van der Waals surface area contributed by atoms with Gasteiger partial charge in [0.1, 0.15) is 0 Å². The normalized spacial score (nSPS) is 14.5. The van der Waals surface area contributed by atoms with E-state index in [-0.39, 0.29) is 12.5 Å². The van der Waals surface area contributed by atoms with E-state index in [1.165, 1.54) is 23.7 Å². The molecule has 6 nitrogen and oxygen atoms in total. The minimum Gasteiger partial charge on any atom is -0.439 e. The zero-order valence-corrected chi connectivity index (χ0v) is 16.3. The standard InChI is InChI=1S/C22H27N3O3/c1-23-21(26)17-28-22(27)25-14-12-24(13-15-25)11-10-18-6-5-9-20(16-18)19-7-3-2-4-8-19/h2-9,16H,10-15,17H2,1H3,(H,23,26). The molecule has 2 amide bonds. The molecule has 0 aliphatic carbocycles. The Balaban J connectivity index is 1.44. The number of nitrogens with zero attached hydrogens (tertiary/aromatic N) is 2. The van der Waals surface area contributed by atoms with Crippen LogP contribution >= 0.6 is 0 Å². The molecule has 2 aromatic rings. The van der Waals surface area contributed by atoms with Crippen molar-refractivity contribution in [3.05, 3.63) is 60.2 Å². The number of carbonyl (C=O) groups is 2. The van der Waals surface area contributed by atoms with Gasteiger partial charge in [-0.15, -0.1) is 0 Å². The molecule has 6 heteroatoms. The summed E-state index contributed by atoms with van der Waals surface area (Å²) < 4.78 is 5.01. The number of carbonyl (C=O) groups excluding carboxylic acids is 2. The van der Waals surface area contributed by atoms with E-state index in [1.54, 1.807) is 4.90 Å².